The highest BCUT2D eigenvalue weighted by molar-refractivity contribution is 7.09. The van der Waals surface area contributed by atoms with Gasteiger partial charge in [-0.2, -0.15) is 0 Å². The van der Waals surface area contributed by atoms with Crippen molar-refractivity contribution in [2.24, 2.45) is 0 Å². The molecule has 2 heterocycles. The van der Waals surface area contributed by atoms with Crippen molar-refractivity contribution in [2.75, 3.05) is 24.7 Å². The van der Waals surface area contributed by atoms with Gasteiger partial charge in [-0.1, -0.05) is 13.8 Å². The largest absolute Gasteiger partial charge is 0.478 e. The molecule has 1 amide bonds. The first kappa shape index (κ1) is 22.2. The summed E-state index contributed by atoms with van der Waals surface area (Å²) in [5.41, 5.74) is 2.27. The molecule has 0 aliphatic carbocycles. The van der Waals surface area contributed by atoms with Crippen LogP contribution in [0.3, 0.4) is 0 Å². The summed E-state index contributed by atoms with van der Waals surface area (Å²) < 4.78 is 16.6. The van der Waals surface area contributed by atoms with E-state index in [1.165, 1.54) is 0 Å². The normalized spacial score (nSPS) is 16.7. The molecular formula is C22H28N2O5S. The highest BCUT2D eigenvalue weighted by Gasteiger charge is 2.40. The molecule has 0 saturated carbocycles. The third kappa shape index (κ3) is 4.65. The predicted molar refractivity (Wildman–Crippen MR) is 116 cm³/mol. The molecule has 0 fully saturated rings. The molecule has 8 heteroatoms. The van der Waals surface area contributed by atoms with Crippen molar-refractivity contribution >= 4 is 28.9 Å². The van der Waals surface area contributed by atoms with Gasteiger partial charge >= 0.3 is 5.97 Å². The Morgan fingerprint density at radius 3 is 2.73 bits per heavy atom. The molecule has 3 rings (SSSR count). The molecule has 2 unspecified atom stereocenters. The van der Waals surface area contributed by atoms with Gasteiger partial charge in [0.2, 0.25) is 0 Å². The Morgan fingerprint density at radius 1 is 1.30 bits per heavy atom. The van der Waals surface area contributed by atoms with Crippen LogP contribution in [-0.4, -0.2) is 48.8 Å². The maximum absolute atomic E-state index is 13.2. The van der Waals surface area contributed by atoms with Crippen LogP contribution in [0.1, 0.15) is 38.6 Å². The number of fused-ring (bicyclic) bond motifs is 1. The predicted octanol–water partition coefficient (Wildman–Crippen LogP) is 3.98. The van der Waals surface area contributed by atoms with Gasteiger partial charge in [0.05, 0.1) is 23.0 Å². The summed E-state index contributed by atoms with van der Waals surface area (Å²) >= 11 is 1.56. The second-order valence-corrected chi connectivity index (χ2v) is 8.01. The van der Waals surface area contributed by atoms with E-state index in [9.17, 15) is 9.59 Å². The average Bonchev–Trinajstić information content (AvgIpc) is 3.19. The molecular weight excluding hydrogens is 404 g/mol. The Labute approximate surface area is 181 Å². The van der Waals surface area contributed by atoms with Crippen LogP contribution >= 0.6 is 11.3 Å². The molecule has 1 aromatic heterocycles. The minimum Gasteiger partial charge on any atom is -0.478 e. The number of hydrogen-bond donors (Lipinski definition) is 0. The van der Waals surface area contributed by atoms with Gasteiger partial charge < -0.3 is 14.2 Å². The van der Waals surface area contributed by atoms with Crippen molar-refractivity contribution in [3.8, 4) is 17.0 Å². The molecule has 1 aliphatic heterocycles. The van der Waals surface area contributed by atoms with Gasteiger partial charge in [0.15, 0.2) is 6.10 Å². The SMILES string of the molecule is CCOCCOC(=O)C(CC)N1C(=O)C(CC)Oc2ccc(-c3csc(C)n3)cc21. The average molecular weight is 433 g/mol. The van der Waals surface area contributed by atoms with Crippen LogP contribution < -0.4 is 9.64 Å². The molecule has 2 atom stereocenters. The molecule has 0 bridgehead atoms. The fraction of sp³-hybridized carbons (Fsp3) is 0.500. The summed E-state index contributed by atoms with van der Waals surface area (Å²) in [4.78, 5) is 32.1. The van der Waals surface area contributed by atoms with E-state index in [-0.39, 0.29) is 12.5 Å². The number of carbonyl (C=O) groups excluding carboxylic acids is 2. The van der Waals surface area contributed by atoms with Crippen LogP contribution in [0.4, 0.5) is 5.69 Å². The van der Waals surface area contributed by atoms with Crippen LogP contribution in [0.25, 0.3) is 11.3 Å². The Balaban J connectivity index is 1.95. The number of amides is 1. The van der Waals surface area contributed by atoms with E-state index >= 15 is 0 Å². The van der Waals surface area contributed by atoms with E-state index in [0.717, 1.165) is 16.3 Å². The van der Waals surface area contributed by atoms with Gasteiger partial charge in [-0.05, 0) is 44.9 Å². The van der Waals surface area contributed by atoms with E-state index in [4.69, 9.17) is 14.2 Å². The zero-order chi connectivity index (χ0) is 21.7. The highest BCUT2D eigenvalue weighted by Crippen LogP contribution is 2.40. The lowest BCUT2D eigenvalue weighted by Gasteiger charge is -2.37. The van der Waals surface area contributed by atoms with Gasteiger partial charge in [-0.25, -0.2) is 9.78 Å². The van der Waals surface area contributed by atoms with Crippen molar-refractivity contribution in [3.63, 3.8) is 0 Å². The van der Waals surface area contributed by atoms with Crippen molar-refractivity contribution in [2.45, 2.75) is 52.7 Å². The quantitative estimate of drug-likeness (QED) is 0.441. The zero-order valence-corrected chi connectivity index (χ0v) is 18.7. The van der Waals surface area contributed by atoms with E-state index in [1.54, 1.807) is 16.2 Å². The van der Waals surface area contributed by atoms with E-state index in [1.807, 2.05) is 51.3 Å². The molecule has 1 aliphatic rings. The van der Waals surface area contributed by atoms with Gasteiger partial charge in [0.25, 0.3) is 5.91 Å². The highest BCUT2D eigenvalue weighted by atomic mass is 32.1. The maximum atomic E-state index is 13.2. The number of hydrogen-bond acceptors (Lipinski definition) is 7. The first-order chi connectivity index (χ1) is 14.5. The maximum Gasteiger partial charge on any atom is 0.329 e. The summed E-state index contributed by atoms with van der Waals surface area (Å²) in [6.07, 6.45) is 0.308. The Morgan fingerprint density at radius 2 is 2.10 bits per heavy atom. The zero-order valence-electron chi connectivity index (χ0n) is 17.8. The van der Waals surface area contributed by atoms with Crippen molar-refractivity contribution in [3.05, 3.63) is 28.6 Å². The molecule has 0 radical (unpaired) electrons. The second-order valence-electron chi connectivity index (χ2n) is 6.95. The third-order valence-corrected chi connectivity index (χ3v) is 5.71. The number of esters is 1. The number of rotatable bonds is 9. The van der Waals surface area contributed by atoms with E-state index in [0.29, 0.717) is 37.5 Å². The first-order valence-corrected chi connectivity index (χ1v) is 11.2. The third-order valence-electron chi connectivity index (χ3n) is 4.93. The smallest absolute Gasteiger partial charge is 0.329 e. The number of nitrogens with zero attached hydrogens (tertiary/aromatic N) is 2. The number of anilines is 1. The molecule has 0 saturated heterocycles. The van der Waals surface area contributed by atoms with Gasteiger partial charge in [0, 0.05) is 17.6 Å². The molecule has 162 valence electrons. The molecule has 30 heavy (non-hydrogen) atoms. The van der Waals surface area contributed by atoms with Crippen molar-refractivity contribution < 1.29 is 23.8 Å². The Bertz CT molecular complexity index is 897. The summed E-state index contributed by atoms with van der Waals surface area (Å²) in [6, 6.07) is 4.90. The number of thiazole rings is 1. The second kappa shape index (κ2) is 10.0. The Hall–Kier alpha value is -2.45. The number of ether oxygens (including phenoxy) is 3. The van der Waals surface area contributed by atoms with Crippen molar-refractivity contribution in [1.29, 1.82) is 0 Å². The van der Waals surface area contributed by atoms with Gasteiger partial charge in [-0.3, -0.25) is 9.69 Å². The minimum atomic E-state index is -0.733. The van der Waals surface area contributed by atoms with Crippen LogP contribution in [0.15, 0.2) is 23.6 Å². The summed E-state index contributed by atoms with van der Waals surface area (Å²) in [5, 5.41) is 2.93. The standard InChI is InChI=1S/C22H28N2O5S/c1-5-17(22(26)28-11-10-27-7-3)24-18-12-15(16-13-30-14(4)23-16)8-9-20(18)29-19(6-2)21(24)25/h8-9,12-13,17,19H,5-7,10-11H2,1-4H3. The Kier molecular flexibility index (Phi) is 7.44. The molecule has 2 aromatic rings. The van der Waals surface area contributed by atoms with E-state index < -0.39 is 18.1 Å². The van der Waals surface area contributed by atoms with E-state index in [2.05, 4.69) is 4.98 Å². The summed E-state index contributed by atoms with van der Waals surface area (Å²) in [5.74, 6) is -0.0916. The van der Waals surface area contributed by atoms with Gasteiger partial charge in [0.1, 0.15) is 18.4 Å². The topological polar surface area (TPSA) is 78.0 Å². The van der Waals surface area contributed by atoms with Crippen LogP contribution in [0.2, 0.25) is 0 Å². The minimum absolute atomic E-state index is 0.157. The lowest BCUT2D eigenvalue weighted by atomic mass is 10.0. The summed E-state index contributed by atoms with van der Waals surface area (Å²) in [7, 11) is 0. The number of carbonyl (C=O) groups is 2. The number of aromatic nitrogens is 1. The lowest BCUT2D eigenvalue weighted by molar-refractivity contribution is -0.148. The lowest BCUT2D eigenvalue weighted by Crippen LogP contribution is -2.53. The number of aryl methyl sites for hydroxylation is 1. The summed E-state index contributed by atoms with van der Waals surface area (Å²) in [6.45, 7) is 8.63. The van der Waals surface area contributed by atoms with Crippen LogP contribution in [0, 0.1) is 6.92 Å². The first-order valence-electron chi connectivity index (χ1n) is 10.3. The van der Waals surface area contributed by atoms with Crippen molar-refractivity contribution in [1.82, 2.24) is 4.98 Å². The van der Waals surface area contributed by atoms with Gasteiger partial charge in [-0.15, -0.1) is 11.3 Å². The number of benzene rings is 1. The molecule has 7 nitrogen and oxygen atoms in total. The monoisotopic (exact) mass is 432 g/mol. The van der Waals surface area contributed by atoms with Crippen LogP contribution in [0.5, 0.6) is 5.75 Å². The van der Waals surface area contributed by atoms with Crippen LogP contribution in [-0.2, 0) is 19.1 Å². The molecule has 1 aromatic carbocycles. The fourth-order valence-electron chi connectivity index (χ4n) is 3.41. The fourth-order valence-corrected chi connectivity index (χ4v) is 4.04. The molecule has 0 N–H and O–H groups in total. The molecule has 0 spiro atoms.